The van der Waals surface area contributed by atoms with Crippen LogP contribution in [0.2, 0.25) is 0 Å². The highest BCUT2D eigenvalue weighted by molar-refractivity contribution is 5.86. The van der Waals surface area contributed by atoms with Crippen molar-refractivity contribution in [1.82, 2.24) is 30.7 Å². The van der Waals surface area contributed by atoms with Gasteiger partial charge in [-0.25, -0.2) is 0 Å². The second-order valence-corrected chi connectivity index (χ2v) is 7.78. The molecule has 0 rings (SSSR count). The number of nitrogens with two attached hydrogens (primary N) is 1. The second kappa shape index (κ2) is 18.2. The number of rotatable bonds is 18. The molecule has 0 bridgehead atoms. The molecule has 0 saturated carbocycles. The Morgan fingerprint density at radius 2 is 0.943 bits per heavy atom. The first-order valence-electron chi connectivity index (χ1n) is 11.9. The third-order valence-corrected chi connectivity index (χ3v) is 5.02. The molecule has 0 aliphatic rings. The molecule has 0 aliphatic carbocycles. The number of hydrogen-bond donors (Lipinski definition) is 4. The zero-order chi connectivity index (χ0) is 26.8. The Balaban J connectivity index is 4.70. The summed E-state index contributed by atoms with van der Waals surface area (Å²) in [6, 6.07) is 0. The van der Waals surface area contributed by atoms with Crippen LogP contribution in [-0.2, 0) is 28.8 Å². The van der Waals surface area contributed by atoms with E-state index in [1.54, 1.807) is 27.8 Å². The van der Waals surface area contributed by atoms with Gasteiger partial charge >= 0.3 is 0 Å². The molecular weight excluding hydrogens is 458 g/mol. The molecule has 0 aliphatic heterocycles. The van der Waals surface area contributed by atoms with Gasteiger partial charge in [0.2, 0.25) is 35.4 Å². The number of amides is 6. The molecule has 0 aromatic rings. The number of likely N-dealkylation sites (N-methyl/N-ethyl adjacent to an activating group) is 1. The van der Waals surface area contributed by atoms with Crippen LogP contribution in [0, 0.1) is 0 Å². The molecule has 6 amide bonds. The summed E-state index contributed by atoms with van der Waals surface area (Å²) in [4.78, 5) is 75.9. The molecule has 0 unspecified atom stereocenters. The van der Waals surface area contributed by atoms with Crippen molar-refractivity contribution in [2.45, 2.75) is 40.0 Å². The first-order chi connectivity index (χ1) is 16.6. The van der Waals surface area contributed by atoms with Gasteiger partial charge in [-0.2, -0.15) is 0 Å². The molecule has 0 saturated heterocycles. The Bertz CT molecular complexity index is 731. The van der Waals surface area contributed by atoms with Crippen LogP contribution in [0.5, 0.6) is 0 Å². The van der Waals surface area contributed by atoms with Gasteiger partial charge in [-0.15, -0.1) is 0 Å². The third kappa shape index (κ3) is 13.9. The Kier molecular flexibility index (Phi) is 16.5. The van der Waals surface area contributed by atoms with E-state index in [4.69, 9.17) is 5.73 Å². The monoisotopic (exact) mass is 499 g/mol. The SMILES string of the molecule is CCC(=O)N(CCNC(=O)CN(CCNC(=O)CN(CCNC)C(=O)CC)C(=O)CC)CC(N)=O. The summed E-state index contributed by atoms with van der Waals surface area (Å²) in [6.45, 7) is 5.90. The van der Waals surface area contributed by atoms with Gasteiger partial charge in [0.1, 0.15) is 0 Å². The predicted octanol–water partition coefficient (Wildman–Crippen LogP) is -2.36. The minimum absolute atomic E-state index is 0.0884. The van der Waals surface area contributed by atoms with E-state index in [1.807, 2.05) is 0 Å². The lowest BCUT2D eigenvalue weighted by molar-refractivity contribution is -0.137. The van der Waals surface area contributed by atoms with Gasteiger partial charge in [-0.1, -0.05) is 20.8 Å². The van der Waals surface area contributed by atoms with Gasteiger partial charge in [0.25, 0.3) is 0 Å². The molecule has 35 heavy (non-hydrogen) atoms. The van der Waals surface area contributed by atoms with Crippen molar-refractivity contribution in [1.29, 1.82) is 0 Å². The van der Waals surface area contributed by atoms with Gasteiger partial charge in [-0.05, 0) is 7.05 Å². The lowest BCUT2D eigenvalue weighted by Crippen LogP contribution is -2.47. The average molecular weight is 500 g/mol. The molecule has 0 spiro atoms. The topological polar surface area (TPSA) is 174 Å². The number of nitrogens with one attached hydrogen (secondary N) is 3. The number of primary amides is 1. The van der Waals surface area contributed by atoms with Gasteiger partial charge in [-0.3, -0.25) is 28.8 Å². The van der Waals surface area contributed by atoms with Crippen molar-refractivity contribution in [3.05, 3.63) is 0 Å². The quantitative estimate of drug-likeness (QED) is 0.163. The predicted molar refractivity (Wildman–Crippen MR) is 130 cm³/mol. The number of carbonyl (C=O) groups excluding carboxylic acids is 6. The van der Waals surface area contributed by atoms with E-state index in [-0.39, 0.29) is 88.7 Å². The second-order valence-electron chi connectivity index (χ2n) is 7.78. The van der Waals surface area contributed by atoms with Crippen LogP contribution in [0.4, 0.5) is 0 Å². The molecule has 0 atom stereocenters. The molecule has 13 nitrogen and oxygen atoms in total. The highest BCUT2D eigenvalue weighted by atomic mass is 16.2. The van der Waals surface area contributed by atoms with Crippen LogP contribution in [0.25, 0.3) is 0 Å². The summed E-state index contributed by atoms with van der Waals surface area (Å²) >= 11 is 0. The molecule has 0 aromatic carbocycles. The average Bonchev–Trinajstić information content (AvgIpc) is 2.83. The van der Waals surface area contributed by atoms with Crippen LogP contribution < -0.4 is 21.7 Å². The molecule has 0 radical (unpaired) electrons. The Labute approximate surface area is 207 Å². The van der Waals surface area contributed by atoms with E-state index in [1.165, 1.54) is 14.7 Å². The summed E-state index contributed by atoms with van der Waals surface area (Å²) < 4.78 is 0. The third-order valence-electron chi connectivity index (χ3n) is 5.02. The first-order valence-corrected chi connectivity index (χ1v) is 11.9. The fourth-order valence-electron chi connectivity index (χ4n) is 3.10. The van der Waals surface area contributed by atoms with E-state index in [0.717, 1.165) is 0 Å². The Morgan fingerprint density at radius 1 is 0.600 bits per heavy atom. The fraction of sp³-hybridized carbons (Fsp3) is 0.727. The lowest BCUT2D eigenvalue weighted by Gasteiger charge is -2.24. The maximum absolute atomic E-state index is 12.3. The minimum Gasteiger partial charge on any atom is -0.368 e. The molecule has 5 N–H and O–H groups in total. The first kappa shape index (κ1) is 31.8. The lowest BCUT2D eigenvalue weighted by atomic mass is 10.3. The summed E-state index contributed by atoms with van der Waals surface area (Å²) in [6.07, 6.45) is 0.671. The van der Waals surface area contributed by atoms with E-state index >= 15 is 0 Å². The van der Waals surface area contributed by atoms with Crippen molar-refractivity contribution in [3.8, 4) is 0 Å². The van der Waals surface area contributed by atoms with Crippen molar-refractivity contribution < 1.29 is 28.8 Å². The number of nitrogens with zero attached hydrogens (tertiary/aromatic N) is 3. The highest BCUT2D eigenvalue weighted by Gasteiger charge is 2.19. The van der Waals surface area contributed by atoms with E-state index in [0.29, 0.717) is 13.1 Å². The van der Waals surface area contributed by atoms with Crippen LogP contribution in [-0.4, -0.2) is 116 Å². The summed E-state index contributed by atoms with van der Waals surface area (Å²) in [5.41, 5.74) is 5.15. The van der Waals surface area contributed by atoms with Crippen molar-refractivity contribution in [2.75, 3.05) is 66.0 Å². The van der Waals surface area contributed by atoms with Gasteiger partial charge < -0.3 is 36.4 Å². The van der Waals surface area contributed by atoms with Gasteiger partial charge in [0.05, 0.1) is 19.6 Å². The molecule has 0 aromatic heterocycles. The molecule has 0 fully saturated rings. The van der Waals surface area contributed by atoms with Crippen molar-refractivity contribution in [3.63, 3.8) is 0 Å². The van der Waals surface area contributed by atoms with E-state index < -0.39 is 11.8 Å². The zero-order valence-corrected chi connectivity index (χ0v) is 21.4. The van der Waals surface area contributed by atoms with Crippen LogP contribution in [0.1, 0.15) is 40.0 Å². The standard InChI is InChI=1S/C22H41N7O6/c1-5-20(33)27(14-17(23)30)12-9-25-19(32)16-29(22(35)7-3)13-10-26-18(31)15-28(11-8-24-4)21(34)6-2/h24H,5-16H2,1-4H3,(H2,23,30)(H,25,32)(H,26,31). The van der Waals surface area contributed by atoms with Gasteiger partial charge in [0.15, 0.2) is 0 Å². The maximum Gasteiger partial charge on any atom is 0.239 e. The van der Waals surface area contributed by atoms with E-state index in [9.17, 15) is 28.8 Å². The van der Waals surface area contributed by atoms with Crippen molar-refractivity contribution >= 4 is 35.4 Å². The Hall–Kier alpha value is -3.22. The van der Waals surface area contributed by atoms with Gasteiger partial charge in [0, 0.05) is 58.5 Å². The maximum atomic E-state index is 12.3. The summed E-state index contributed by atoms with van der Waals surface area (Å²) in [7, 11) is 1.76. The van der Waals surface area contributed by atoms with E-state index in [2.05, 4.69) is 16.0 Å². The molecule has 200 valence electrons. The van der Waals surface area contributed by atoms with Crippen molar-refractivity contribution in [2.24, 2.45) is 5.73 Å². The fourth-order valence-corrected chi connectivity index (χ4v) is 3.10. The molecular formula is C22H41N7O6. The highest BCUT2D eigenvalue weighted by Crippen LogP contribution is 1.97. The summed E-state index contributed by atoms with van der Waals surface area (Å²) in [5.74, 6) is -2.10. The zero-order valence-electron chi connectivity index (χ0n) is 21.4. The van der Waals surface area contributed by atoms with Crippen LogP contribution in [0.3, 0.4) is 0 Å². The van der Waals surface area contributed by atoms with Crippen LogP contribution in [0.15, 0.2) is 0 Å². The normalized spacial score (nSPS) is 10.3. The summed E-state index contributed by atoms with van der Waals surface area (Å²) in [5, 5.41) is 8.24. The number of hydrogen-bond acceptors (Lipinski definition) is 7. The minimum atomic E-state index is -0.649. The van der Waals surface area contributed by atoms with Crippen LogP contribution >= 0.6 is 0 Å². The smallest absolute Gasteiger partial charge is 0.239 e. The largest absolute Gasteiger partial charge is 0.368 e. The number of carbonyl (C=O) groups is 6. The molecule has 13 heteroatoms. The Morgan fingerprint density at radius 3 is 1.26 bits per heavy atom. The molecule has 0 heterocycles.